The summed E-state index contributed by atoms with van der Waals surface area (Å²) in [5.41, 5.74) is 1.21. The first-order valence-corrected chi connectivity index (χ1v) is 4.61. The van der Waals surface area contributed by atoms with E-state index in [4.69, 9.17) is 0 Å². The summed E-state index contributed by atoms with van der Waals surface area (Å²) in [5.74, 6) is -0.245. The van der Waals surface area contributed by atoms with Gasteiger partial charge in [-0.05, 0) is 18.5 Å². The average molecular weight is 184 g/mol. The van der Waals surface area contributed by atoms with E-state index in [1.807, 2.05) is 18.2 Å². The quantitative estimate of drug-likeness (QED) is 0.457. The molecule has 0 bridgehead atoms. The summed E-state index contributed by atoms with van der Waals surface area (Å²) in [6.45, 7) is 0. The molecule has 12 heavy (non-hydrogen) atoms. The Hall–Kier alpha value is -0.620. The molecule has 0 fully saturated rings. The van der Waals surface area contributed by atoms with Gasteiger partial charge in [0.2, 0.25) is 0 Å². The van der Waals surface area contributed by atoms with Crippen LogP contribution in [-0.4, -0.2) is 18.7 Å². The molecule has 1 rings (SSSR count). The number of hydrogen-bond acceptors (Lipinski definition) is 2. The summed E-state index contributed by atoms with van der Waals surface area (Å²) in [6.07, 6.45) is 7.68. The summed E-state index contributed by atoms with van der Waals surface area (Å²) in [7, 11) is 4.16. The lowest BCUT2D eigenvalue weighted by Gasteiger charge is -2.01. The van der Waals surface area contributed by atoms with E-state index in [0.29, 0.717) is 11.2 Å². The molecule has 0 N–H and O–H groups in total. The number of methoxy groups -OCH3 is 1. The molecule has 1 unspecified atom stereocenters. The molecule has 0 radical (unpaired) electrons. The molecular weight excluding hydrogens is 171 g/mol. The van der Waals surface area contributed by atoms with Gasteiger partial charge in [0.15, 0.2) is 0 Å². The zero-order valence-electron chi connectivity index (χ0n) is 7.12. The molecule has 0 aromatic rings. The van der Waals surface area contributed by atoms with E-state index in [2.05, 4.69) is 14.0 Å². The van der Waals surface area contributed by atoms with Crippen molar-refractivity contribution < 1.29 is 9.53 Å². The number of esters is 1. The van der Waals surface area contributed by atoms with Crippen LogP contribution in [-0.2, 0) is 9.53 Å². The molecule has 2 nitrogen and oxygen atoms in total. The van der Waals surface area contributed by atoms with Crippen molar-refractivity contribution in [2.75, 3.05) is 7.11 Å². The zero-order valence-corrected chi connectivity index (χ0v) is 8.27. The molecule has 3 heteroatoms. The largest absolute Gasteiger partial charge is 0.465 e. The molecule has 0 saturated heterocycles. The SMILES string of the molecule is COC(=O)C1=CC[C@@H](P)CC=C1. The second kappa shape index (κ2) is 4.42. The minimum absolute atomic E-state index is 0.245. The second-order valence-corrected chi connectivity index (χ2v) is 3.73. The number of carbonyl (C=O) groups excluding carboxylic acids is 1. The molecule has 0 saturated carbocycles. The predicted molar refractivity (Wildman–Crippen MR) is 52.0 cm³/mol. The molecule has 0 aliphatic heterocycles. The molecule has 1 aliphatic carbocycles. The lowest BCUT2D eigenvalue weighted by Crippen LogP contribution is -2.02. The minimum atomic E-state index is -0.245. The third-order valence-corrected chi connectivity index (χ3v) is 2.34. The van der Waals surface area contributed by atoms with Gasteiger partial charge in [-0.3, -0.25) is 0 Å². The second-order valence-electron chi connectivity index (χ2n) is 2.78. The van der Waals surface area contributed by atoms with Crippen LogP contribution in [0, 0.1) is 0 Å². The fourth-order valence-corrected chi connectivity index (χ4v) is 1.37. The van der Waals surface area contributed by atoms with Gasteiger partial charge >= 0.3 is 5.97 Å². The highest BCUT2D eigenvalue weighted by atomic mass is 31.0. The minimum Gasteiger partial charge on any atom is -0.465 e. The standard InChI is InChI=1S/C9H13O2P/c1-11-9(10)7-3-2-4-8(12)6-5-7/h2-3,5,8H,4,6,12H2,1H3/t8-/m0/s1. The Labute approximate surface area is 74.9 Å². The third-order valence-electron chi connectivity index (χ3n) is 1.80. The summed E-state index contributed by atoms with van der Waals surface area (Å²) in [6, 6.07) is 0. The Morgan fingerprint density at radius 1 is 1.67 bits per heavy atom. The van der Waals surface area contributed by atoms with Gasteiger partial charge in [0, 0.05) is 0 Å². The van der Waals surface area contributed by atoms with Gasteiger partial charge in [-0.15, -0.1) is 9.24 Å². The summed E-state index contributed by atoms with van der Waals surface area (Å²) >= 11 is 0. The van der Waals surface area contributed by atoms with Gasteiger partial charge < -0.3 is 4.74 Å². The van der Waals surface area contributed by atoms with E-state index >= 15 is 0 Å². The van der Waals surface area contributed by atoms with E-state index in [1.54, 1.807) is 0 Å². The summed E-state index contributed by atoms with van der Waals surface area (Å²) in [4.78, 5) is 11.1. The monoisotopic (exact) mass is 184 g/mol. The molecule has 0 amide bonds. The van der Waals surface area contributed by atoms with Gasteiger partial charge in [-0.2, -0.15) is 0 Å². The van der Waals surface area contributed by atoms with Gasteiger partial charge in [-0.1, -0.05) is 18.2 Å². The van der Waals surface area contributed by atoms with E-state index in [9.17, 15) is 4.79 Å². The predicted octanol–water partition coefficient (Wildman–Crippen LogP) is 1.68. The van der Waals surface area contributed by atoms with Crippen LogP contribution < -0.4 is 0 Å². The summed E-state index contributed by atoms with van der Waals surface area (Å²) in [5, 5.41) is 0. The van der Waals surface area contributed by atoms with Crippen molar-refractivity contribution in [3.05, 3.63) is 23.8 Å². The summed E-state index contributed by atoms with van der Waals surface area (Å²) < 4.78 is 4.62. The molecule has 2 atom stereocenters. The fourth-order valence-electron chi connectivity index (χ4n) is 1.08. The first-order valence-electron chi connectivity index (χ1n) is 3.94. The Morgan fingerprint density at radius 3 is 3.08 bits per heavy atom. The highest BCUT2D eigenvalue weighted by Crippen LogP contribution is 2.18. The Bertz CT molecular complexity index is 231. The number of carbonyl (C=O) groups is 1. The highest BCUT2D eigenvalue weighted by molar-refractivity contribution is 7.17. The van der Waals surface area contributed by atoms with Crippen molar-refractivity contribution in [1.82, 2.24) is 0 Å². The van der Waals surface area contributed by atoms with Crippen molar-refractivity contribution in [3.63, 3.8) is 0 Å². The average Bonchev–Trinajstić information content (AvgIpc) is 2.29. The Kier molecular flexibility index (Phi) is 3.48. The Morgan fingerprint density at radius 2 is 2.42 bits per heavy atom. The van der Waals surface area contributed by atoms with E-state index in [1.165, 1.54) is 7.11 Å². The first kappa shape index (κ1) is 9.47. The maximum Gasteiger partial charge on any atom is 0.337 e. The van der Waals surface area contributed by atoms with Crippen LogP contribution >= 0.6 is 9.24 Å². The number of ether oxygens (including phenoxy) is 1. The van der Waals surface area contributed by atoms with Gasteiger partial charge in [-0.25, -0.2) is 4.79 Å². The van der Waals surface area contributed by atoms with Crippen LogP contribution in [0.5, 0.6) is 0 Å². The first-order chi connectivity index (χ1) is 5.74. The zero-order chi connectivity index (χ0) is 8.97. The van der Waals surface area contributed by atoms with Crippen LogP contribution in [0.3, 0.4) is 0 Å². The van der Waals surface area contributed by atoms with Crippen LogP contribution in [0.25, 0.3) is 0 Å². The van der Waals surface area contributed by atoms with Crippen molar-refractivity contribution >= 4 is 15.2 Å². The molecule has 0 aromatic heterocycles. The molecule has 0 aromatic carbocycles. The lowest BCUT2D eigenvalue weighted by atomic mass is 10.2. The number of allylic oxidation sites excluding steroid dienone is 2. The van der Waals surface area contributed by atoms with Crippen molar-refractivity contribution in [3.8, 4) is 0 Å². The van der Waals surface area contributed by atoms with Crippen LogP contribution in [0.2, 0.25) is 0 Å². The molecule has 66 valence electrons. The van der Waals surface area contributed by atoms with E-state index < -0.39 is 0 Å². The van der Waals surface area contributed by atoms with E-state index in [0.717, 1.165) is 12.8 Å². The highest BCUT2D eigenvalue weighted by Gasteiger charge is 2.09. The smallest absolute Gasteiger partial charge is 0.337 e. The number of hydrogen-bond donors (Lipinski definition) is 0. The van der Waals surface area contributed by atoms with Crippen LogP contribution in [0.1, 0.15) is 12.8 Å². The number of rotatable bonds is 1. The fraction of sp³-hybridized carbons (Fsp3) is 0.444. The molecule has 1 aliphatic rings. The van der Waals surface area contributed by atoms with Gasteiger partial charge in [0.25, 0.3) is 0 Å². The molecule has 0 spiro atoms. The van der Waals surface area contributed by atoms with E-state index in [-0.39, 0.29) is 5.97 Å². The van der Waals surface area contributed by atoms with Crippen molar-refractivity contribution in [2.24, 2.45) is 0 Å². The lowest BCUT2D eigenvalue weighted by molar-refractivity contribution is -0.135. The van der Waals surface area contributed by atoms with Crippen molar-refractivity contribution in [2.45, 2.75) is 18.5 Å². The Balaban J connectivity index is 2.69. The molecule has 0 heterocycles. The molecular formula is C9H13O2P. The maximum absolute atomic E-state index is 11.1. The van der Waals surface area contributed by atoms with Gasteiger partial charge in [0.1, 0.15) is 0 Å². The third kappa shape index (κ3) is 2.46. The van der Waals surface area contributed by atoms with Gasteiger partial charge in [0.05, 0.1) is 12.7 Å². The normalized spacial score (nSPS) is 22.8. The van der Waals surface area contributed by atoms with Crippen LogP contribution in [0.15, 0.2) is 23.8 Å². The topological polar surface area (TPSA) is 26.3 Å². The van der Waals surface area contributed by atoms with Crippen molar-refractivity contribution in [1.29, 1.82) is 0 Å². The maximum atomic E-state index is 11.1. The van der Waals surface area contributed by atoms with Crippen LogP contribution in [0.4, 0.5) is 0 Å².